The van der Waals surface area contributed by atoms with Crippen molar-refractivity contribution < 1.29 is 4.74 Å². The molecule has 2 fully saturated rings. The van der Waals surface area contributed by atoms with E-state index in [-0.39, 0.29) is 11.0 Å². The van der Waals surface area contributed by atoms with Crippen molar-refractivity contribution in [1.29, 1.82) is 0 Å². The van der Waals surface area contributed by atoms with E-state index >= 15 is 0 Å². The van der Waals surface area contributed by atoms with Gasteiger partial charge < -0.3 is 10.5 Å². The van der Waals surface area contributed by atoms with Crippen LogP contribution in [0, 0.1) is 12.8 Å². The summed E-state index contributed by atoms with van der Waals surface area (Å²) in [6, 6.07) is 6.40. The topological polar surface area (TPSA) is 35.2 Å². The molecule has 0 spiro atoms. The van der Waals surface area contributed by atoms with Gasteiger partial charge in [-0.3, -0.25) is 0 Å². The Hall–Kier alpha value is -1.02. The summed E-state index contributed by atoms with van der Waals surface area (Å²) in [5.41, 5.74) is 9.89. The van der Waals surface area contributed by atoms with Gasteiger partial charge in [-0.25, -0.2) is 0 Å². The average molecular weight is 273 g/mol. The van der Waals surface area contributed by atoms with Crippen LogP contribution in [-0.4, -0.2) is 12.2 Å². The highest BCUT2D eigenvalue weighted by Gasteiger charge is 2.56. The van der Waals surface area contributed by atoms with Crippen LogP contribution >= 0.6 is 0 Å². The molecule has 1 aliphatic carbocycles. The molecule has 110 valence electrons. The van der Waals surface area contributed by atoms with Crippen molar-refractivity contribution in [1.82, 2.24) is 0 Å². The molecule has 0 radical (unpaired) electrons. The monoisotopic (exact) mass is 273 g/mol. The molecule has 3 atom stereocenters. The third kappa shape index (κ3) is 1.81. The van der Waals surface area contributed by atoms with Crippen molar-refractivity contribution in [3.05, 3.63) is 29.3 Å². The summed E-state index contributed by atoms with van der Waals surface area (Å²) in [5, 5.41) is 0. The molecular formula is C18H27NO. The van der Waals surface area contributed by atoms with Gasteiger partial charge in [-0.2, -0.15) is 0 Å². The number of nitrogens with two attached hydrogens (primary N) is 1. The molecule has 1 saturated carbocycles. The Labute approximate surface area is 122 Å². The summed E-state index contributed by atoms with van der Waals surface area (Å²) < 4.78 is 6.39. The highest BCUT2D eigenvalue weighted by atomic mass is 16.5. The van der Waals surface area contributed by atoms with Crippen LogP contribution in [0.15, 0.2) is 18.2 Å². The van der Waals surface area contributed by atoms with Crippen LogP contribution in [0.4, 0.5) is 5.69 Å². The molecule has 0 amide bonds. The van der Waals surface area contributed by atoms with Crippen molar-refractivity contribution in [2.75, 3.05) is 12.3 Å². The second-order valence-electron chi connectivity index (χ2n) is 7.01. The molecule has 20 heavy (non-hydrogen) atoms. The lowest BCUT2D eigenvalue weighted by molar-refractivity contribution is -0.173. The molecule has 1 heterocycles. The number of hydrogen-bond acceptors (Lipinski definition) is 2. The van der Waals surface area contributed by atoms with Crippen molar-refractivity contribution in [3.8, 4) is 0 Å². The molecule has 3 unspecified atom stereocenters. The van der Waals surface area contributed by atoms with E-state index in [2.05, 4.69) is 32.9 Å². The number of anilines is 1. The second kappa shape index (κ2) is 4.77. The first-order valence-electron chi connectivity index (χ1n) is 8.00. The van der Waals surface area contributed by atoms with E-state index in [9.17, 15) is 0 Å². The number of nitrogen functional groups attached to an aromatic ring is 1. The smallest absolute Gasteiger partial charge is 0.0776 e. The maximum Gasteiger partial charge on any atom is 0.0776 e. The van der Waals surface area contributed by atoms with E-state index in [4.69, 9.17) is 10.5 Å². The number of benzene rings is 1. The third-order valence-corrected chi connectivity index (χ3v) is 6.06. The van der Waals surface area contributed by atoms with Gasteiger partial charge in [0.2, 0.25) is 0 Å². The summed E-state index contributed by atoms with van der Waals surface area (Å²) in [5.74, 6) is 0.609. The van der Waals surface area contributed by atoms with Gasteiger partial charge in [0.15, 0.2) is 0 Å². The van der Waals surface area contributed by atoms with Crippen LogP contribution in [0.25, 0.3) is 0 Å². The number of rotatable bonds is 1. The predicted molar refractivity (Wildman–Crippen MR) is 83.9 cm³/mol. The summed E-state index contributed by atoms with van der Waals surface area (Å²) >= 11 is 0. The molecule has 0 aromatic heterocycles. The Morgan fingerprint density at radius 3 is 2.80 bits per heavy atom. The Morgan fingerprint density at radius 1 is 1.25 bits per heavy atom. The van der Waals surface area contributed by atoms with Gasteiger partial charge in [0.25, 0.3) is 0 Å². The van der Waals surface area contributed by atoms with E-state index in [0.717, 1.165) is 18.7 Å². The first kappa shape index (κ1) is 13.9. The predicted octanol–water partition coefficient (Wildman–Crippen LogP) is 4.20. The summed E-state index contributed by atoms with van der Waals surface area (Å²) in [7, 11) is 0. The summed E-state index contributed by atoms with van der Waals surface area (Å²) in [4.78, 5) is 0. The van der Waals surface area contributed by atoms with Gasteiger partial charge in [0.05, 0.1) is 5.60 Å². The lowest BCUT2D eigenvalue weighted by atomic mass is 9.53. The van der Waals surface area contributed by atoms with Crippen LogP contribution in [0.3, 0.4) is 0 Å². The summed E-state index contributed by atoms with van der Waals surface area (Å²) in [6.07, 6.45) is 6.21. The van der Waals surface area contributed by atoms with Crippen molar-refractivity contribution in [2.45, 2.75) is 63.9 Å². The molecule has 2 N–H and O–H groups in total. The number of ether oxygens (including phenoxy) is 1. The summed E-state index contributed by atoms with van der Waals surface area (Å²) in [6.45, 7) is 7.83. The SMILES string of the molecule is Cc1ccc(N)cc1C12CCCOC1(C)C(C)CCC2. The van der Waals surface area contributed by atoms with Crippen LogP contribution in [0.5, 0.6) is 0 Å². The largest absolute Gasteiger partial charge is 0.399 e. The molecule has 2 heteroatoms. The highest BCUT2D eigenvalue weighted by molar-refractivity contribution is 5.49. The normalized spacial score (nSPS) is 37.5. The highest BCUT2D eigenvalue weighted by Crippen LogP contribution is 2.56. The third-order valence-electron chi connectivity index (χ3n) is 6.06. The maximum absolute atomic E-state index is 6.39. The molecule has 1 aromatic rings. The van der Waals surface area contributed by atoms with Gasteiger partial charge >= 0.3 is 0 Å². The zero-order chi connectivity index (χ0) is 14.4. The van der Waals surface area contributed by atoms with Gasteiger partial charge in [-0.15, -0.1) is 0 Å². The Morgan fingerprint density at radius 2 is 2.00 bits per heavy atom. The minimum Gasteiger partial charge on any atom is -0.399 e. The van der Waals surface area contributed by atoms with E-state index < -0.39 is 0 Å². The molecule has 3 rings (SSSR count). The second-order valence-corrected chi connectivity index (χ2v) is 7.01. The first-order valence-corrected chi connectivity index (χ1v) is 8.00. The van der Waals surface area contributed by atoms with Crippen molar-refractivity contribution in [3.63, 3.8) is 0 Å². The fourth-order valence-corrected chi connectivity index (χ4v) is 4.71. The standard InChI is InChI=1S/C18H27NO/c1-13-7-8-15(19)12-16(13)18-9-4-6-14(2)17(18,3)20-11-5-10-18/h7-8,12,14H,4-6,9-11,19H2,1-3H3. The van der Waals surface area contributed by atoms with E-state index in [1.54, 1.807) is 0 Å². The molecular weight excluding hydrogens is 246 g/mol. The molecule has 1 aromatic carbocycles. The van der Waals surface area contributed by atoms with Crippen LogP contribution < -0.4 is 5.73 Å². The van der Waals surface area contributed by atoms with Crippen LogP contribution in [0.2, 0.25) is 0 Å². The quantitative estimate of drug-likeness (QED) is 0.778. The Bertz CT molecular complexity index is 508. The van der Waals surface area contributed by atoms with E-state index in [1.807, 2.05) is 6.07 Å². The van der Waals surface area contributed by atoms with Crippen LogP contribution in [0.1, 0.15) is 57.1 Å². The van der Waals surface area contributed by atoms with E-state index in [0.29, 0.717) is 5.92 Å². The zero-order valence-electron chi connectivity index (χ0n) is 13.0. The number of aryl methyl sites for hydroxylation is 1. The maximum atomic E-state index is 6.39. The fourth-order valence-electron chi connectivity index (χ4n) is 4.71. The average Bonchev–Trinajstić information content (AvgIpc) is 2.43. The van der Waals surface area contributed by atoms with Crippen molar-refractivity contribution >= 4 is 5.69 Å². The van der Waals surface area contributed by atoms with Crippen molar-refractivity contribution in [2.24, 2.45) is 5.92 Å². The van der Waals surface area contributed by atoms with Gasteiger partial charge in [-0.05, 0) is 68.7 Å². The van der Waals surface area contributed by atoms with E-state index in [1.165, 1.54) is 36.8 Å². The Balaban J connectivity index is 2.17. The van der Waals surface area contributed by atoms with Gasteiger partial charge in [0.1, 0.15) is 0 Å². The lowest BCUT2D eigenvalue weighted by Crippen LogP contribution is -2.60. The van der Waals surface area contributed by atoms with Gasteiger partial charge in [-0.1, -0.05) is 19.4 Å². The zero-order valence-corrected chi connectivity index (χ0v) is 13.0. The molecule has 1 saturated heterocycles. The lowest BCUT2D eigenvalue weighted by Gasteiger charge is -2.58. The fraction of sp³-hybridized carbons (Fsp3) is 0.667. The minimum absolute atomic E-state index is 0.0396. The molecule has 2 aliphatic rings. The number of hydrogen-bond donors (Lipinski definition) is 1. The molecule has 2 nitrogen and oxygen atoms in total. The van der Waals surface area contributed by atoms with Crippen LogP contribution in [-0.2, 0) is 10.2 Å². The molecule has 1 aliphatic heterocycles. The molecule has 0 bridgehead atoms. The Kier molecular flexibility index (Phi) is 3.32. The number of fused-ring (bicyclic) bond motifs is 1. The minimum atomic E-state index is -0.0396. The van der Waals surface area contributed by atoms with Gasteiger partial charge in [0, 0.05) is 17.7 Å². The first-order chi connectivity index (χ1) is 9.49.